The number of alkyl carbamates (subject to hydrolysis) is 1. The number of benzene rings is 1. The van der Waals surface area contributed by atoms with Gasteiger partial charge in [-0.1, -0.05) is 18.6 Å². The van der Waals surface area contributed by atoms with E-state index in [1.165, 1.54) is 31.0 Å². The van der Waals surface area contributed by atoms with Crippen LogP contribution in [0.3, 0.4) is 0 Å². The Morgan fingerprint density at radius 1 is 1.17 bits per heavy atom. The molecule has 6 heteroatoms. The molecule has 2 fully saturated rings. The lowest BCUT2D eigenvalue weighted by atomic mass is 9.84. The maximum absolute atomic E-state index is 13.5. The highest BCUT2D eigenvalue weighted by atomic mass is 19.1. The number of nitrogens with one attached hydrogen (secondary N) is 1. The highest BCUT2D eigenvalue weighted by Crippen LogP contribution is 2.30. The predicted molar refractivity (Wildman–Crippen MR) is 87.2 cm³/mol. The van der Waals surface area contributed by atoms with Crippen LogP contribution >= 0.6 is 0 Å². The molecular weight excluding hydrogens is 311 g/mol. The Labute approximate surface area is 141 Å². The molecule has 2 aliphatic rings. The third-order valence-corrected chi connectivity index (χ3v) is 4.99. The van der Waals surface area contributed by atoms with Crippen molar-refractivity contribution in [2.75, 3.05) is 19.7 Å². The number of amides is 2. The Hall–Kier alpha value is -1.95. The lowest BCUT2D eigenvalue weighted by molar-refractivity contribution is 0.0234. The van der Waals surface area contributed by atoms with Gasteiger partial charge in [-0.15, -0.1) is 0 Å². The first kappa shape index (κ1) is 16.9. The summed E-state index contributed by atoms with van der Waals surface area (Å²) >= 11 is 0. The first-order valence-electron chi connectivity index (χ1n) is 8.62. The Kier molecular flexibility index (Phi) is 5.45. The van der Waals surface area contributed by atoms with Gasteiger partial charge in [0.1, 0.15) is 5.82 Å². The Bertz CT molecular complexity index is 606. The zero-order valence-corrected chi connectivity index (χ0v) is 13.7. The van der Waals surface area contributed by atoms with Crippen LogP contribution in [0.5, 0.6) is 0 Å². The average Bonchev–Trinajstić information content (AvgIpc) is 2.60. The molecule has 3 rings (SSSR count). The van der Waals surface area contributed by atoms with E-state index in [9.17, 15) is 14.0 Å². The smallest absolute Gasteiger partial charge is 0.414 e. The molecule has 0 radical (unpaired) electrons. The molecule has 0 aliphatic carbocycles. The molecule has 2 heterocycles. The second-order valence-corrected chi connectivity index (χ2v) is 6.53. The number of carbonyl (C=O) groups is 2. The molecule has 1 unspecified atom stereocenters. The fourth-order valence-corrected chi connectivity index (χ4v) is 3.80. The molecule has 5 nitrogen and oxygen atoms in total. The fraction of sp³-hybridized carbons (Fsp3) is 0.556. The monoisotopic (exact) mass is 334 g/mol. The van der Waals surface area contributed by atoms with Gasteiger partial charge in [0.15, 0.2) is 0 Å². The van der Waals surface area contributed by atoms with Crippen molar-refractivity contribution in [2.45, 2.75) is 38.1 Å². The number of nitrogens with zero attached hydrogens (tertiary/aromatic N) is 1. The molecule has 24 heavy (non-hydrogen) atoms. The summed E-state index contributed by atoms with van der Waals surface area (Å²) in [6, 6.07) is 6.02. The molecule has 0 spiro atoms. The Balaban J connectivity index is 1.50. The number of piperidine rings is 2. The zero-order valence-electron chi connectivity index (χ0n) is 13.7. The van der Waals surface area contributed by atoms with Crippen LogP contribution in [0.2, 0.25) is 0 Å². The molecule has 0 bridgehead atoms. The van der Waals surface area contributed by atoms with Crippen molar-refractivity contribution in [2.24, 2.45) is 5.92 Å². The first-order chi connectivity index (χ1) is 11.6. The van der Waals surface area contributed by atoms with E-state index in [2.05, 4.69) is 10.2 Å². The van der Waals surface area contributed by atoms with Crippen LogP contribution in [0.1, 0.15) is 42.5 Å². The largest absolute Gasteiger partial charge is 0.449 e. The van der Waals surface area contributed by atoms with Crippen molar-refractivity contribution in [1.82, 2.24) is 10.2 Å². The van der Waals surface area contributed by atoms with Gasteiger partial charge in [-0.25, -0.2) is 9.18 Å². The van der Waals surface area contributed by atoms with Crippen LogP contribution in [0.25, 0.3) is 0 Å². The van der Waals surface area contributed by atoms with Crippen molar-refractivity contribution >= 4 is 12.0 Å². The quantitative estimate of drug-likeness (QED) is 0.923. The summed E-state index contributed by atoms with van der Waals surface area (Å²) in [6.07, 6.45) is 4.94. The summed E-state index contributed by atoms with van der Waals surface area (Å²) in [4.78, 5) is 26.2. The van der Waals surface area contributed by atoms with Crippen LogP contribution in [-0.2, 0) is 4.74 Å². The number of hydrogen-bond acceptors (Lipinski definition) is 4. The topological polar surface area (TPSA) is 58.6 Å². The molecule has 0 saturated carbocycles. The fourth-order valence-electron chi connectivity index (χ4n) is 3.80. The molecule has 1 aromatic carbocycles. The normalized spacial score (nSPS) is 24.0. The second-order valence-electron chi connectivity index (χ2n) is 6.53. The van der Waals surface area contributed by atoms with Crippen LogP contribution < -0.4 is 5.32 Å². The molecule has 0 aromatic heterocycles. The third kappa shape index (κ3) is 3.93. The van der Waals surface area contributed by atoms with E-state index in [4.69, 9.17) is 4.74 Å². The highest BCUT2D eigenvalue weighted by Gasteiger charge is 2.33. The molecule has 1 N–H and O–H groups in total. The van der Waals surface area contributed by atoms with Gasteiger partial charge < -0.3 is 4.74 Å². The van der Waals surface area contributed by atoms with Crippen LogP contribution in [0.15, 0.2) is 24.3 Å². The second kappa shape index (κ2) is 7.75. The lowest BCUT2D eigenvalue weighted by Gasteiger charge is -2.44. The van der Waals surface area contributed by atoms with Gasteiger partial charge in [0.25, 0.3) is 5.91 Å². The number of carbonyl (C=O) groups excluding carboxylic acids is 2. The molecule has 2 atom stereocenters. The zero-order chi connectivity index (χ0) is 16.9. The minimum absolute atomic E-state index is 0.162. The molecular formula is C18H23FN2O3. The van der Waals surface area contributed by atoms with Crippen molar-refractivity contribution in [1.29, 1.82) is 0 Å². The maximum atomic E-state index is 13.5. The van der Waals surface area contributed by atoms with E-state index < -0.39 is 17.8 Å². The summed E-state index contributed by atoms with van der Waals surface area (Å²) in [5.41, 5.74) is -0.162. The van der Waals surface area contributed by atoms with Crippen molar-refractivity contribution in [3.05, 3.63) is 35.6 Å². The number of imide groups is 1. The van der Waals surface area contributed by atoms with Gasteiger partial charge in [-0.2, -0.15) is 0 Å². The standard InChI is InChI=1S/C18H23FN2O3/c19-15-8-2-1-7-14(15)17(22)20-18(23)24-12-13-6-5-11-21-10-4-3-9-16(13)21/h1-2,7-8,13,16H,3-6,9-12H2,(H,20,22,23)/t13-,16?/m0/s1. The van der Waals surface area contributed by atoms with Crippen LogP contribution in [0, 0.1) is 11.7 Å². The van der Waals surface area contributed by atoms with Crippen molar-refractivity contribution in [3.8, 4) is 0 Å². The van der Waals surface area contributed by atoms with Crippen molar-refractivity contribution < 1.29 is 18.7 Å². The minimum atomic E-state index is -0.809. The van der Waals surface area contributed by atoms with Crippen molar-refractivity contribution in [3.63, 3.8) is 0 Å². The molecule has 130 valence electrons. The highest BCUT2D eigenvalue weighted by molar-refractivity contribution is 6.02. The molecule has 2 aliphatic heterocycles. The van der Waals surface area contributed by atoms with Gasteiger partial charge in [0.2, 0.25) is 0 Å². The number of hydrogen-bond donors (Lipinski definition) is 1. The summed E-state index contributed by atoms with van der Waals surface area (Å²) in [7, 11) is 0. The average molecular weight is 334 g/mol. The summed E-state index contributed by atoms with van der Waals surface area (Å²) in [5.74, 6) is -1.12. The number of ether oxygens (including phenoxy) is 1. The molecule has 1 aromatic rings. The third-order valence-electron chi connectivity index (χ3n) is 4.99. The minimum Gasteiger partial charge on any atom is -0.449 e. The summed E-state index contributed by atoms with van der Waals surface area (Å²) in [6.45, 7) is 2.55. The Morgan fingerprint density at radius 2 is 1.96 bits per heavy atom. The molecule has 2 amide bonds. The molecule has 2 saturated heterocycles. The summed E-state index contributed by atoms with van der Waals surface area (Å²) < 4.78 is 18.8. The SMILES string of the molecule is O=C(NC(=O)c1ccccc1F)OC[C@@H]1CCCN2CCCCC12. The lowest BCUT2D eigenvalue weighted by Crippen LogP contribution is -2.49. The van der Waals surface area contributed by atoms with Gasteiger partial charge in [0.05, 0.1) is 12.2 Å². The van der Waals surface area contributed by atoms with Gasteiger partial charge in [0, 0.05) is 12.0 Å². The van der Waals surface area contributed by atoms with Crippen LogP contribution in [-0.4, -0.2) is 42.6 Å². The number of fused-ring (bicyclic) bond motifs is 1. The Morgan fingerprint density at radius 3 is 2.79 bits per heavy atom. The first-order valence-corrected chi connectivity index (χ1v) is 8.62. The van der Waals surface area contributed by atoms with Crippen LogP contribution in [0.4, 0.5) is 9.18 Å². The van der Waals surface area contributed by atoms with Gasteiger partial charge in [-0.05, 0) is 50.9 Å². The maximum Gasteiger partial charge on any atom is 0.414 e. The van der Waals surface area contributed by atoms with Gasteiger partial charge >= 0.3 is 6.09 Å². The summed E-state index contributed by atoms with van der Waals surface area (Å²) in [5, 5.41) is 2.09. The van der Waals surface area contributed by atoms with E-state index in [0.717, 1.165) is 32.4 Å². The number of rotatable bonds is 3. The van der Waals surface area contributed by atoms with E-state index in [0.29, 0.717) is 18.6 Å². The van der Waals surface area contributed by atoms with E-state index >= 15 is 0 Å². The van der Waals surface area contributed by atoms with E-state index in [-0.39, 0.29) is 5.56 Å². The van der Waals surface area contributed by atoms with Gasteiger partial charge in [-0.3, -0.25) is 15.0 Å². The number of halogens is 1. The van der Waals surface area contributed by atoms with E-state index in [1.54, 1.807) is 6.07 Å². The van der Waals surface area contributed by atoms with E-state index in [1.807, 2.05) is 0 Å². The predicted octanol–water partition coefficient (Wildman–Crippen LogP) is 2.96.